The van der Waals surface area contributed by atoms with E-state index in [-0.39, 0.29) is 6.04 Å². The van der Waals surface area contributed by atoms with Gasteiger partial charge in [-0.1, -0.05) is 27.7 Å². The van der Waals surface area contributed by atoms with Crippen molar-refractivity contribution in [2.45, 2.75) is 53.5 Å². The fourth-order valence-electron chi connectivity index (χ4n) is 2.76. The van der Waals surface area contributed by atoms with Crippen molar-refractivity contribution in [1.82, 2.24) is 20.1 Å². The number of piperidine rings is 1. The zero-order valence-corrected chi connectivity index (χ0v) is 14.8. The van der Waals surface area contributed by atoms with E-state index in [0.717, 1.165) is 42.5 Å². The molecule has 1 saturated heterocycles. The molecule has 0 amide bonds. The van der Waals surface area contributed by atoms with Crippen LogP contribution in [0.15, 0.2) is 6.20 Å². The SMILES string of the molecule is CC.CC.Cc1nn(C2CCCNC2)c2c(C#N)cnc(N)c12. The van der Waals surface area contributed by atoms with Crippen LogP contribution in [-0.4, -0.2) is 27.9 Å². The standard InChI is InChI=1S/C13H16N6.2C2H6/c1-8-11-12(9(5-14)6-17-13(11)15)19(18-8)10-3-2-4-16-7-10;2*1-2/h6,10,16H,2-4,7H2,1H3,(H2,15,17);2*1-2H3. The van der Waals surface area contributed by atoms with Crippen LogP contribution >= 0.6 is 0 Å². The number of hydrogen-bond acceptors (Lipinski definition) is 5. The van der Waals surface area contributed by atoms with E-state index in [1.165, 1.54) is 6.20 Å². The van der Waals surface area contributed by atoms with Gasteiger partial charge in [-0.15, -0.1) is 0 Å². The number of nitrogens with two attached hydrogens (primary N) is 1. The predicted molar refractivity (Wildman–Crippen MR) is 95.2 cm³/mol. The minimum absolute atomic E-state index is 0.277. The number of fused-ring (bicyclic) bond motifs is 1. The maximum Gasteiger partial charge on any atom is 0.134 e. The van der Waals surface area contributed by atoms with Crippen LogP contribution in [0.3, 0.4) is 0 Å². The van der Waals surface area contributed by atoms with Gasteiger partial charge < -0.3 is 11.1 Å². The van der Waals surface area contributed by atoms with Gasteiger partial charge >= 0.3 is 0 Å². The molecule has 6 nitrogen and oxygen atoms in total. The number of nitrogens with one attached hydrogen (secondary N) is 1. The molecule has 126 valence electrons. The van der Waals surface area contributed by atoms with Crippen molar-refractivity contribution in [3.63, 3.8) is 0 Å². The summed E-state index contributed by atoms with van der Waals surface area (Å²) < 4.78 is 1.95. The third kappa shape index (κ3) is 3.80. The Labute approximate surface area is 138 Å². The highest BCUT2D eigenvalue weighted by Crippen LogP contribution is 2.29. The van der Waals surface area contributed by atoms with E-state index in [2.05, 4.69) is 21.5 Å². The lowest BCUT2D eigenvalue weighted by Crippen LogP contribution is -2.32. The molecule has 0 aliphatic carbocycles. The van der Waals surface area contributed by atoms with Gasteiger partial charge in [0.1, 0.15) is 11.9 Å². The second kappa shape index (κ2) is 9.11. The van der Waals surface area contributed by atoms with Crippen molar-refractivity contribution in [3.05, 3.63) is 17.5 Å². The van der Waals surface area contributed by atoms with Gasteiger partial charge in [-0.25, -0.2) is 4.98 Å². The molecule has 23 heavy (non-hydrogen) atoms. The molecule has 0 aromatic carbocycles. The molecule has 6 heteroatoms. The van der Waals surface area contributed by atoms with E-state index in [1.807, 2.05) is 39.3 Å². The van der Waals surface area contributed by atoms with E-state index < -0.39 is 0 Å². The lowest BCUT2D eigenvalue weighted by Gasteiger charge is -2.24. The van der Waals surface area contributed by atoms with Crippen molar-refractivity contribution in [1.29, 1.82) is 5.26 Å². The third-order valence-corrected chi connectivity index (χ3v) is 3.67. The molecule has 1 fully saturated rings. The largest absolute Gasteiger partial charge is 0.383 e. The molecule has 2 aromatic heterocycles. The van der Waals surface area contributed by atoms with Crippen molar-refractivity contribution in [2.24, 2.45) is 0 Å². The summed E-state index contributed by atoms with van der Waals surface area (Å²) >= 11 is 0. The fourth-order valence-corrected chi connectivity index (χ4v) is 2.76. The first-order chi connectivity index (χ1) is 11.2. The summed E-state index contributed by atoms with van der Waals surface area (Å²) in [6.45, 7) is 11.8. The molecule has 1 atom stereocenters. The van der Waals surface area contributed by atoms with E-state index >= 15 is 0 Å². The molecule has 0 saturated carbocycles. The Bertz CT molecular complexity index is 662. The topological polar surface area (TPSA) is 92.5 Å². The minimum atomic E-state index is 0.277. The number of anilines is 1. The first-order valence-corrected chi connectivity index (χ1v) is 8.46. The molecule has 3 rings (SSSR count). The maximum atomic E-state index is 9.27. The zero-order chi connectivity index (χ0) is 17.4. The van der Waals surface area contributed by atoms with Gasteiger partial charge in [0, 0.05) is 12.7 Å². The Balaban J connectivity index is 0.000000615. The van der Waals surface area contributed by atoms with E-state index in [4.69, 9.17) is 5.73 Å². The molecule has 0 spiro atoms. The number of aryl methyl sites for hydroxylation is 1. The van der Waals surface area contributed by atoms with Crippen molar-refractivity contribution >= 4 is 16.7 Å². The number of pyridine rings is 1. The Morgan fingerprint density at radius 3 is 2.61 bits per heavy atom. The number of nitriles is 1. The summed E-state index contributed by atoms with van der Waals surface area (Å²) in [6, 6.07) is 2.47. The van der Waals surface area contributed by atoms with Crippen molar-refractivity contribution in [2.75, 3.05) is 18.8 Å². The molecule has 3 N–H and O–H groups in total. The average molecular weight is 316 g/mol. The smallest absolute Gasteiger partial charge is 0.134 e. The normalized spacial score (nSPS) is 16.6. The summed E-state index contributed by atoms with van der Waals surface area (Å²) in [6.07, 6.45) is 3.72. The van der Waals surface area contributed by atoms with Crippen LogP contribution in [0.25, 0.3) is 10.9 Å². The molecule has 1 aliphatic rings. The monoisotopic (exact) mass is 316 g/mol. The van der Waals surface area contributed by atoms with Gasteiger partial charge in [0.2, 0.25) is 0 Å². The molecular weight excluding hydrogens is 288 g/mol. The lowest BCUT2D eigenvalue weighted by atomic mass is 10.1. The molecule has 0 bridgehead atoms. The van der Waals surface area contributed by atoms with Crippen LogP contribution in [-0.2, 0) is 0 Å². The Morgan fingerprint density at radius 1 is 1.35 bits per heavy atom. The van der Waals surface area contributed by atoms with Crippen LogP contribution in [0.5, 0.6) is 0 Å². The molecule has 3 heterocycles. The average Bonchev–Trinajstić information content (AvgIpc) is 2.98. The predicted octanol–water partition coefficient (Wildman–Crippen LogP) is 3.17. The van der Waals surface area contributed by atoms with Crippen molar-refractivity contribution < 1.29 is 0 Å². The third-order valence-electron chi connectivity index (χ3n) is 3.67. The summed E-state index contributed by atoms with van der Waals surface area (Å²) in [4.78, 5) is 4.08. The lowest BCUT2D eigenvalue weighted by molar-refractivity contribution is 0.353. The number of hydrogen-bond donors (Lipinski definition) is 2. The first kappa shape index (κ1) is 18.9. The number of aromatic nitrogens is 3. The Hall–Kier alpha value is -2.13. The van der Waals surface area contributed by atoms with Gasteiger partial charge in [0.25, 0.3) is 0 Å². The highest BCUT2D eigenvalue weighted by atomic mass is 15.3. The molecule has 1 aliphatic heterocycles. The van der Waals surface area contributed by atoms with Crippen LogP contribution in [0.2, 0.25) is 0 Å². The van der Waals surface area contributed by atoms with Gasteiger partial charge in [0.05, 0.1) is 28.2 Å². The Morgan fingerprint density at radius 2 is 2.04 bits per heavy atom. The highest BCUT2D eigenvalue weighted by Gasteiger charge is 2.22. The van der Waals surface area contributed by atoms with Gasteiger partial charge in [-0.3, -0.25) is 4.68 Å². The first-order valence-electron chi connectivity index (χ1n) is 8.46. The van der Waals surface area contributed by atoms with Gasteiger partial charge in [-0.05, 0) is 26.3 Å². The summed E-state index contributed by atoms with van der Waals surface area (Å²) in [5, 5.41) is 18.0. The van der Waals surface area contributed by atoms with E-state index in [9.17, 15) is 5.26 Å². The fraction of sp³-hybridized carbons (Fsp3) is 0.588. The second-order valence-corrected chi connectivity index (χ2v) is 4.92. The quantitative estimate of drug-likeness (QED) is 0.843. The molecule has 0 radical (unpaired) electrons. The maximum absolute atomic E-state index is 9.27. The summed E-state index contributed by atoms with van der Waals surface area (Å²) in [5.41, 5.74) is 8.13. The van der Waals surface area contributed by atoms with Gasteiger partial charge in [-0.2, -0.15) is 10.4 Å². The Kier molecular flexibility index (Phi) is 7.49. The van der Waals surface area contributed by atoms with Crippen LogP contribution in [0.4, 0.5) is 5.82 Å². The number of nitrogens with zero attached hydrogens (tertiary/aromatic N) is 4. The summed E-state index contributed by atoms with van der Waals surface area (Å²) in [7, 11) is 0. The van der Waals surface area contributed by atoms with Crippen molar-refractivity contribution in [3.8, 4) is 6.07 Å². The van der Waals surface area contributed by atoms with Crippen LogP contribution in [0.1, 0.15) is 57.8 Å². The van der Waals surface area contributed by atoms with Crippen LogP contribution < -0.4 is 11.1 Å². The van der Waals surface area contributed by atoms with Gasteiger partial charge in [0.15, 0.2) is 0 Å². The second-order valence-electron chi connectivity index (χ2n) is 4.92. The summed E-state index contributed by atoms with van der Waals surface area (Å²) in [5.74, 6) is 0.446. The van der Waals surface area contributed by atoms with E-state index in [1.54, 1.807) is 0 Å². The highest BCUT2D eigenvalue weighted by molar-refractivity contribution is 5.94. The molecular formula is C17H28N6. The molecule has 2 aromatic rings. The van der Waals surface area contributed by atoms with E-state index in [0.29, 0.717) is 11.4 Å². The molecule has 1 unspecified atom stereocenters. The number of nitrogen functional groups attached to an aromatic ring is 1. The number of rotatable bonds is 1. The van der Waals surface area contributed by atoms with Crippen LogP contribution in [0, 0.1) is 18.3 Å². The zero-order valence-electron chi connectivity index (χ0n) is 14.8. The minimum Gasteiger partial charge on any atom is -0.383 e.